The van der Waals surface area contributed by atoms with Crippen molar-refractivity contribution < 1.29 is 8.42 Å². The Bertz CT molecular complexity index is 375. The van der Waals surface area contributed by atoms with Crippen molar-refractivity contribution in [2.24, 2.45) is 0 Å². The molecule has 0 unspecified atom stereocenters. The fourth-order valence-electron chi connectivity index (χ4n) is 0.809. The quantitative estimate of drug-likeness (QED) is 0.684. The Balaban J connectivity index is 2.98. The number of sulfone groups is 1. The van der Waals surface area contributed by atoms with Crippen LogP contribution in [0.15, 0.2) is 18.3 Å². The van der Waals surface area contributed by atoms with Crippen LogP contribution in [0.2, 0.25) is 5.15 Å². The lowest BCUT2D eigenvalue weighted by Gasteiger charge is -1.99. The first-order valence-electron chi connectivity index (χ1n) is 3.26. The molecule has 66 valence electrons. The van der Waals surface area contributed by atoms with E-state index in [-0.39, 0.29) is 10.9 Å². The first-order chi connectivity index (χ1) is 5.49. The molecule has 0 amide bonds. The molecule has 12 heavy (non-hydrogen) atoms. The van der Waals surface area contributed by atoms with E-state index in [1.165, 1.54) is 6.20 Å². The van der Waals surface area contributed by atoms with E-state index >= 15 is 0 Å². The van der Waals surface area contributed by atoms with Gasteiger partial charge in [-0.2, -0.15) is 0 Å². The highest BCUT2D eigenvalue weighted by Gasteiger charge is 2.07. The molecule has 1 aromatic heterocycles. The predicted molar refractivity (Wildman–Crippen MR) is 47.8 cm³/mol. The molecule has 0 saturated carbocycles. The number of hydrogen-bond donors (Lipinski definition) is 0. The lowest BCUT2D eigenvalue weighted by atomic mass is 10.3. The van der Waals surface area contributed by atoms with Crippen molar-refractivity contribution in [1.29, 1.82) is 0 Å². The van der Waals surface area contributed by atoms with E-state index < -0.39 is 9.84 Å². The van der Waals surface area contributed by atoms with Gasteiger partial charge in [0.1, 0.15) is 5.15 Å². The number of nitrogens with zero attached hydrogens (tertiary/aromatic N) is 1. The average molecular weight is 206 g/mol. The molecule has 0 fully saturated rings. The number of rotatable bonds is 2. The molecule has 1 rings (SSSR count). The van der Waals surface area contributed by atoms with E-state index in [0.29, 0.717) is 5.56 Å². The van der Waals surface area contributed by atoms with Gasteiger partial charge in [0.25, 0.3) is 0 Å². The first kappa shape index (κ1) is 9.48. The van der Waals surface area contributed by atoms with Gasteiger partial charge in [0.15, 0.2) is 9.84 Å². The summed E-state index contributed by atoms with van der Waals surface area (Å²) in [6.07, 6.45) is 2.68. The van der Waals surface area contributed by atoms with Gasteiger partial charge < -0.3 is 0 Å². The van der Waals surface area contributed by atoms with Crippen LogP contribution >= 0.6 is 11.6 Å². The molecule has 1 aromatic rings. The highest BCUT2D eigenvalue weighted by Crippen LogP contribution is 2.13. The maximum atomic E-state index is 10.9. The maximum absolute atomic E-state index is 10.9. The van der Waals surface area contributed by atoms with Crippen LogP contribution in [0, 0.1) is 0 Å². The van der Waals surface area contributed by atoms with Crippen LogP contribution in [0.25, 0.3) is 0 Å². The lowest BCUT2D eigenvalue weighted by molar-refractivity contribution is 0.601. The number of aromatic nitrogens is 1. The summed E-state index contributed by atoms with van der Waals surface area (Å²) in [5.74, 6) is -0.0559. The first-order valence-corrected chi connectivity index (χ1v) is 5.70. The third kappa shape index (κ3) is 2.79. The van der Waals surface area contributed by atoms with Crippen LogP contribution in [0.5, 0.6) is 0 Å². The van der Waals surface area contributed by atoms with E-state index in [1.807, 2.05) is 0 Å². The molecule has 3 nitrogen and oxygen atoms in total. The van der Waals surface area contributed by atoms with Gasteiger partial charge in [0.05, 0.1) is 5.75 Å². The molecule has 0 aliphatic heterocycles. The van der Waals surface area contributed by atoms with Crippen LogP contribution in [0.3, 0.4) is 0 Å². The van der Waals surface area contributed by atoms with E-state index in [1.54, 1.807) is 12.1 Å². The van der Waals surface area contributed by atoms with E-state index in [4.69, 9.17) is 11.6 Å². The van der Waals surface area contributed by atoms with Crippen LogP contribution in [-0.2, 0) is 15.6 Å². The van der Waals surface area contributed by atoms with Crippen molar-refractivity contribution in [3.8, 4) is 0 Å². The zero-order valence-corrected chi connectivity index (χ0v) is 8.06. The zero-order chi connectivity index (χ0) is 9.19. The summed E-state index contributed by atoms with van der Waals surface area (Å²) in [7, 11) is -3.02. The molecule has 0 aromatic carbocycles. The van der Waals surface area contributed by atoms with E-state index in [2.05, 4.69) is 4.98 Å². The number of hydrogen-bond acceptors (Lipinski definition) is 3. The van der Waals surface area contributed by atoms with Gasteiger partial charge in [-0.05, 0) is 6.07 Å². The van der Waals surface area contributed by atoms with E-state index in [0.717, 1.165) is 6.26 Å². The summed E-state index contributed by atoms with van der Waals surface area (Å²) in [6.45, 7) is 0. The largest absolute Gasteiger partial charge is 0.244 e. The summed E-state index contributed by atoms with van der Waals surface area (Å²) in [4.78, 5) is 3.76. The zero-order valence-electron chi connectivity index (χ0n) is 6.49. The minimum Gasteiger partial charge on any atom is -0.244 e. The van der Waals surface area contributed by atoms with Gasteiger partial charge >= 0.3 is 0 Å². The van der Waals surface area contributed by atoms with Gasteiger partial charge in [-0.25, -0.2) is 13.4 Å². The fourth-order valence-corrected chi connectivity index (χ4v) is 1.87. The second kappa shape index (κ2) is 3.41. The smallest absolute Gasteiger partial charge is 0.151 e. The minimum absolute atomic E-state index is 0.0559. The monoisotopic (exact) mass is 205 g/mol. The Morgan fingerprint density at radius 3 is 2.75 bits per heavy atom. The van der Waals surface area contributed by atoms with Crippen molar-refractivity contribution in [2.45, 2.75) is 5.75 Å². The maximum Gasteiger partial charge on any atom is 0.151 e. The third-order valence-corrected chi connectivity index (χ3v) is 2.43. The second-order valence-electron chi connectivity index (χ2n) is 2.52. The predicted octanol–water partition coefficient (Wildman–Crippen LogP) is 1.28. The second-order valence-corrected chi connectivity index (χ2v) is 5.02. The van der Waals surface area contributed by atoms with Crippen LogP contribution in [-0.4, -0.2) is 19.7 Å². The fraction of sp³-hybridized carbons (Fsp3) is 0.286. The molecular weight excluding hydrogens is 198 g/mol. The topological polar surface area (TPSA) is 47.0 Å². The van der Waals surface area contributed by atoms with Crippen molar-refractivity contribution in [3.05, 3.63) is 29.0 Å². The summed E-state index contributed by atoms with van der Waals surface area (Å²) < 4.78 is 21.7. The number of pyridine rings is 1. The molecule has 0 aliphatic rings. The SMILES string of the molecule is CS(=O)(=O)Cc1cccnc1Cl. The lowest BCUT2D eigenvalue weighted by Crippen LogP contribution is -2.01. The Morgan fingerprint density at radius 1 is 1.58 bits per heavy atom. The van der Waals surface area contributed by atoms with Crippen LogP contribution < -0.4 is 0 Å². The van der Waals surface area contributed by atoms with Gasteiger partial charge in [0, 0.05) is 18.0 Å². The number of halogens is 1. The van der Waals surface area contributed by atoms with Crippen molar-refractivity contribution >= 4 is 21.4 Å². The van der Waals surface area contributed by atoms with E-state index in [9.17, 15) is 8.42 Å². The Morgan fingerprint density at radius 2 is 2.25 bits per heavy atom. The van der Waals surface area contributed by atoms with Gasteiger partial charge in [-0.3, -0.25) is 0 Å². The molecule has 0 radical (unpaired) electrons. The molecule has 5 heteroatoms. The van der Waals surface area contributed by atoms with Gasteiger partial charge in [0.2, 0.25) is 0 Å². The average Bonchev–Trinajstić information content (AvgIpc) is 1.91. The molecule has 0 N–H and O–H groups in total. The highest BCUT2D eigenvalue weighted by molar-refractivity contribution is 7.89. The molecule has 0 spiro atoms. The van der Waals surface area contributed by atoms with Gasteiger partial charge in [-0.1, -0.05) is 17.7 Å². The van der Waals surface area contributed by atoms with Crippen molar-refractivity contribution in [3.63, 3.8) is 0 Å². The molecule has 0 atom stereocenters. The standard InChI is InChI=1S/C7H8ClNO2S/c1-12(10,11)5-6-3-2-4-9-7(6)8/h2-4H,5H2,1H3. The van der Waals surface area contributed by atoms with Crippen molar-refractivity contribution in [2.75, 3.05) is 6.26 Å². The Hall–Kier alpha value is -0.610. The van der Waals surface area contributed by atoms with Crippen molar-refractivity contribution in [1.82, 2.24) is 4.98 Å². The molecule has 0 bridgehead atoms. The summed E-state index contributed by atoms with van der Waals surface area (Å²) >= 11 is 5.65. The van der Waals surface area contributed by atoms with Gasteiger partial charge in [-0.15, -0.1) is 0 Å². The minimum atomic E-state index is -3.02. The molecular formula is C7H8ClNO2S. The summed E-state index contributed by atoms with van der Waals surface area (Å²) in [6, 6.07) is 3.31. The summed E-state index contributed by atoms with van der Waals surface area (Å²) in [5.41, 5.74) is 0.543. The Labute approximate surface area is 76.3 Å². The summed E-state index contributed by atoms with van der Waals surface area (Å²) in [5, 5.41) is 0.253. The highest BCUT2D eigenvalue weighted by atomic mass is 35.5. The third-order valence-electron chi connectivity index (χ3n) is 1.25. The molecule has 0 aliphatic carbocycles. The normalized spacial score (nSPS) is 11.5. The Kier molecular flexibility index (Phi) is 2.69. The molecule has 1 heterocycles. The molecule has 0 saturated heterocycles. The van der Waals surface area contributed by atoms with Crippen LogP contribution in [0.1, 0.15) is 5.56 Å². The van der Waals surface area contributed by atoms with Crippen LogP contribution in [0.4, 0.5) is 0 Å².